The van der Waals surface area contributed by atoms with Gasteiger partial charge in [0.25, 0.3) is 5.91 Å². The maximum Gasteiger partial charge on any atom is 0.271 e. The van der Waals surface area contributed by atoms with Crippen LogP contribution in [-0.2, 0) is 0 Å². The van der Waals surface area contributed by atoms with Crippen molar-refractivity contribution in [2.24, 2.45) is 11.0 Å². The summed E-state index contributed by atoms with van der Waals surface area (Å²) in [4.78, 5) is 12.4. The molecule has 0 saturated carbocycles. The summed E-state index contributed by atoms with van der Waals surface area (Å²) in [6.07, 6.45) is 0. The van der Waals surface area contributed by atoms with E-state index in [0.717, 1.165) is 11.3 Å². The quantitative estimate of drug-likeness (QED) is 0.653. The standard InChI is InChI=1S/C19H22N2O3/c1-13(2)18(14-8-6-5-7-9-14)20-21-19(22)15-10-11-16(23-3)17(12-15)24-4/h5-13H,1-4H3,(H,21,22)/b20-18+. The fourth-order valence-corrected chi connectivity index (χ4v) is 2.29. The third-order valence-electron chi connectivity index (χ3n) is 3.54. The lowest BCUT2D eigenvalue weighted by molar-refractivity contribution is 0.0954. The van der Waals surface area contributed by atoms with Crippen LogP contribution >= 0.6 is 0 Å². The van der Waals surface area contributed by atoms with Crippen molar-refractivity contribution in [1.29, 1.82) is 0 Å². The number of carbonyl (C=O) groups excluding carboxylic acids is 1. The van der Waals surface area contributed by atoms with Gasteiger partial charge in [0.15, 0.2) is 11.5 Å². The number of carbonyl (C=O) groups is 1. The number of hydrogen-bond acceptors (Lipinski definition) is 4. The van der Waals surface area contributed by atoms with Crippen molar-refractivity contribution in [3.63, 3.8) is 0 Å². The van der Waals surface area contributed by atoms with Gasteiger partial charge in [0.1, 0.15) is 0 Å². The molecule has 0 aliphatic heterocycles. The molecule has 0 atom stereocenters. The van der Waals surface area contributed by atoms with Gasteiger partial charge in [-0.25, -0.2) is 5.43 Å². The van der Waals surface area contributed by atoms with Gasteiger partial charge in [-0.2, -0.15) is 5.10 Å². The largest absolute Gasteiger partial charge is 0.493 e. The average Bonchev–Trinajstić information content (AvgIpc) is 2.61. The van der Waals surface area contributed by atoms with E-state index >= 15 is 0 Å². The van der Waals surface area contributed by atoms with E-state index < -0.39 is 0 Å². The van der Waals surface area contributed by atoms with Crippen LogP contribution in [0.3, 0.4) is 0 Å². The Hall–Kier alpha value is -2.82. The molecule has 0 spiro atoms. The number of amides is 1. The molecule has 24 heavy (non-hydrogen) atoms. The Morgan fingerprint density at radius 3 is 2.21 bits per heavy atom. The van der Waals surface area contributed by atoms with Crippen LogP contribution in [0.4, 0.5) is 0 Å². The van der Waals surface area contributed by atoms with Gasteiger partial charge in [-0.1, -0.05) is 44.2 Å². The summed E-state index contributed by atoms with van der Waals surface area (Å²) in [6.45, 7) is 4.07. The van der Waals surface area contributed by atoms with Crippen molar-refractivity contribution in [2.75, 3.05) is 14.2 Å². The third-order valence-corrected chi connectivity index (χ3v) is 3.54. The molecule has 0 aromatic heterocycles. The molecule has 0 bridgehead atoms. The molecule has 0 heterocycles. The number of hydrogen-bond donors (Lipinski definition) is 1. The lowest BCUT2D eigenvalue weighted by Crippen LogP contribution is -2.22. The van der Waals surface area contributed by atoms with Crippen molar-refractivity contribution >= 4 is 11.6 Å². The van der Waals surface area contributed by atoms with Crippen molar-refractivity contribution in [2.45, 2.75) is 13.8 Å². The highest BCUT2D eigenvalue weighted by Gasteiger charge is 2.12. The van der Waals surface area contributed by atoms with Gasteiger partial charge < -0.3 is 9.47 Å². The summed E-state index contributed by atoms with van der Waals surface area (Å²) in [5.74, 6) is 0.953. The fraction of sp³-hybridized carbons (Fsp3) is 0.263. The molecule has 0 aliphatic rings. The van der Waals surface area contributed by atoms with Crippen molar-refractivity contribution in [1.82, 2.24) is 5.43 Å². The van der Waals surface area contributed by atoms with Gasteiger partial charge in [0.05, 0.1) is 19.9 Å². The first-order valence-corrected chi connectivity index (χ1v) is 7.72. The van der Waals surface area contributed by atoms with E-state index in [0.29, 0.717) is 17.1 Å². The minimum atomic E-state index is -0.301. The second-order valence-corrected chi connectivity index (χ2v) is 5.53. The Kier molecular flexibility index (Phi) is 5.95. The van der Waals surface area contributed by atoms with E-state index in [-0.39, 0.29) is 11.8 Å². The number of hydrazone groups is 1. The topological polar surface area (TPSA) is 59.9 Å². The van der Waals surface area contributed by atoms with E-state index in [2.05, 4.69) is 10.5 Å². The van der Waals surface area contributed by atoms with Gasteiger partial charge in [-0.15, -0.1) is 0 Å². The number of methoxy groups -OCH3 is 2. The van der Waals surface area contributed by atoms with Crippen LogP contribution < -0.4 is 14.9 Å². The van der Waals surface area contributed by atoms with Crippen LogP contribution in [0.2, 0.25) is 0 Å². The number of ether oxygens (including phenoxy) is 2. The van der Waals surface area contributed by atoms with E-state index in [1.165, 1.54) is 7.11 Å². The average molecular weight is 326 g/mol. The zero-order valence-corrected chi connectivity index (χ0v) is 14.4. The molecule has 0 saturated heterocycles. The predicted octanol–water partition coefficient (Wildman–Crippen LogP) is 3.49. The maximum absolute atomic E-state index is 12.4. The Labute approximate surface area is 142 Å². The van der Waals surface area contributed by atoms with E-state index in [9.17, 15) is 4.79 Å². The number of nitrogens with one attached hydrogen (secondary N) is 1. The first kappa shape index (κ1) is 17.5. The molecule has 1 N–H and O–H groups in total. The summed E-state index contributed by atoms with van der Waals surface area (Å²) in [7, 11) is 3.08. The molecule has 126 valence electrons. The number of benzene rings is 2. The summed E-state index contributed by atoms with van der Waals surface area (Å²) in [5, 5.41) is 4.31. The molecule has 5 nitrogen and oxygen atoms in total. The summed E-state index contributed by atoms with van der Waals surface area (Å²) in [5.41, 5.74) is 4.88. The van der Waals surface area contributed by atoms with Gasteiger partial charge in [0.2, 0.25) is 0 Å². The fourth-order valence-electron chi connectivity index (χ4n) is 2.29. The molecule has 0 radical (unpaired) electrons. The molecule has 0 unspecified atom stereocenters. The summed E-state index contributed by atoms with van der Waals surface area (Å²) >= 11 is 0. The minimum Gasteiger partial charge on any atom is -0.493 e. The normalized spacial score (nSPS) is 11.3. The first-order valence-electron chi connectivity index (χ1n) is 7.72. The van der Waals surface area contributed by atoms with Gasteiger partial charge in [0, 0.05) is 5.56 Å². The summed E-state index contributed by atoms with van der Waals surface area (Å²) < 4.78 is 10.4. The lowest BCUT2D eigenvalue weighted by atomic mass is 10.0. The Morgan fingerprint density at radius 2 is 1.62 bits per heavy atom. The molecular weight excluding hydrogens is 304 g/mol. The second kappa shape index (κ2) is 8.15. The highest BCUT2D eigenvalue weighted by molar-refractivity contribution is 6.03. The number of nitrogens with zero attached hydrogens (tertiary/aromatic N) is 1. The predicted molar refractivity (Wildman–Crippen MR) is 94.8 cm³/mol. The van der Waals surface area contributed by atoms with E-state index in [1.807, 2.05) is 44.2 Å². The molecular formula is C19H22N2O3. The minimum absolute atomic E-state index is 0.179. The molecule has 0 aliphatic carbocycles. The number of rotatable bonds is 6. The van der Waals surface area contributed by atoms with Crippen molar-refractivity contribution in [3.8, 4) is 11.5 Å². The third kappa shape index (κ3) is 4.13. The smallest absolute Gasteiger partial charge is 0.271 e. The van der Waals surface area contributed by atoms with Gasteiger partial charge in [-0.3, -0.25) is 4.79 Å². The Morgan fingerprint density at radius 1 is 0.958 bits per heavy atom. The highest BCUT2D eigenvalue weighted by Crippen LogP contribution is 2.27. The molecule has 2 aromatic rings. The molecule has 2 rings (SSSR count). The monoisotopic (exact) mass is 326 g/mol. The van der Waals surface area contributed by atoms with Gasteiger partial charge >= 0.3 is 0 Å². The van der Waals surface area contributed by atoms with Crippen molar-refractivity contribution in [3.05, 3.63) is 59.7 Å². The van der Waals surface area contributed by atoms with Crippen LogP contribution in [0.25, 0.3) is 0 Å². The maximum atomic E-state index is 12.4. The molecule has 0 fully saturated rings. The van der Waals surface area contributed by atoms with Crippen molar-refractivity contribution < 1.29 is 14.3 Å². The van der Waals surface area contributed by atoms with Crippen LogP contribution in [0.5, 0.6) is 11.5 Å². The molecule has 2 aromatic carbocycles. The SMILES string of the molecule is COc1ccc(C(=O)N/N=C(/c2ccccc2)C(C)C)cc1OC. The lowest BCUT2D eigenvalue weighted by Gasteiger charge is -2.11. The second-order valence-electron chi connectivity index (χ2n) is 5.53. The van der Waals surface area contributed by atoms with Gasteiger partial charge in [-0.05, 0) is 29.7 Å². The zero-order valence-electron chi connectivity index (χ0n) is 14.4. The van der Waals surface area contributed by atoms with E-state index in [4.69, 9.17) is 9.47 Å². The summed E-state index contributed by atoms with van der Waals surface area (Å²) in [6, 6.07) is 14.8. The first-order chi connectivity index (χ1) is 11.6. The van der Waals surface area contributed by atoms with Crippen LogP contribution in [-0.4, -0.2) is 25.8 Å². The Bertz CT molecular complexity index is 725. The van der Waals surface area contributed by atoms with Crippen LogP contribution in [0.15, 0.2) is 53.6 Å². The van der Waals surface area contributed by atoms with Crippen LogP contribution in [0.1, 0.15) is 29.8 Å². The molecule has 1 amide bonds. The molecule has 5 heteroatoms. The highest BCUT2D eigenvalue weighted by atomic mass is 16.5. The Balaban J connectivity index is 2.22. The zero-order chi connectivity index (χ0) is 17.5. The van der Waals surface area contributed by atoms with E-state index in [1.54, 1.807) is 25.3 Å². The van der Waals surface area contributed by atoms with Crippen LogP contribution in [0, 0.1) is 5.92 Å².